The maximum atomic E-state index is 14.3. The highest BCUT2D eigenvalue weighted by atomic mass is 32.1. The van der Waals surface area contributed by atoms with Crippen molar-refractivity contribution in [2.75, 3.05) is 46.8 Å². The molecule has 3 aromatic rings. The Kier molecular flexibility index (Phi) is 12.5. The van der Waals surface area contributed by atoms with Crippen molar-refractivity contribution in [3.8, 4) is 16.9 Å². The number of rotatable bonds is 14. The van der Waals surface area contributed by atoms with Crippen molar-refractivity contribution in [3.63, 3.8) is 0 Å². The van der Waals surface area contributed by atoms with E-state index in [-0.39, 0.29) is 42.8 Å². The second kappa shape index (κ2) is 16.8. The van der Waals surface area contributed by atoms with Gasteiger partial charge in [0.2, 0.25) is 11.8 Å². The highest BCUT2D eigenvalue weighted by Crippen LogP contribution is 2.61. The molecule has 9 atom stereocenters. The van der Waals surface area contributed by atoms with Gasteiger partial charge >= 0.3 is 0 Å². The molecule has 2 aromatic carbocycles. The SMILES string of the molecule is COc1c(CN2O[C@@H](CO)[C@@H]([C@H](C)O)[C@H]2C(=O)N[C@H]2C[C@H]3C[C@@H]([C@@H]2C)C3(C)C)cccc1-c1cc(C(=O)N[C@@H](Cc2cscn2)C(=O)N(C)C)cc(N(C)C)c1. The van der Waals surface area contributed by atoms with Crippen LogP contribution in [-0.2, 0) is 27.4 Å². The second-order valence-corrected chi connectivity index (χ2v) is 17.6. The zero-order valence-corrected chi connectivity index (χ0v) is 34.8. The second-order valence-electron chi connectivity index (χ2n) is 16.8. The van der Waals surface area contributed by atoms with Crippen LogP contribution < -0.4 is 20.3 Å². The standard InChI is InChI=1S/C42H58N6O7S/c1-23-32-16-28(42(32,3)4)17-33(23)44-40(52)37-36(24(2)50)35(20-49)55-48(37)19-25-11-10-12-31(38(25)54-9)26-13-27(15-30(14-26)46(5)6)39(51)45-34(41(53)47(7)8)18-29-21-56-22-43-29/h10-15,21-24,28,32-37,49-50H,16-20H2,1-9H3,(H,44,52)(H,45,51)/t23-,24-,28+,32-,33-,34-,35-,36+,37-/m0/s1. The number of aliphatic hydroxyl groups is 2. The van der Waals surface area contributed by atoms with Crippen molar-refractivity contribution in [3.05, 3.63) is 64.1 Å². The third kappa shape index (κ3) is 8.17. The molecule has 3 aliphatic carbocycles. The van der Waals surface area contributed by atoms with Crippen molar-refractivity contribution < 1.29 is 34.2 Å². The van der Waals surface area contributed by atoms with Gasteiger partial charge in [0.1, 0.15) is 23.9 Å². The Morgan fingerprint density at radius 1 is 1.14 bits per heavy atom. The van der Waals surface area contributed by atoms with Gasteiger partial charge in [-0.15, -0.1) is 11.3 Å². The molecule has 4 aliphatic rings. The molecule has 0 radical (unpaired) electrons. The molecule has 0 unspecified atom stereocenters. The number of carbonyl (C=O) groups is 3. The number of nitrogens with zero attached hydrogens (tertiary/aromatic N) is 4. The van der Waals surface area contributed by atoms with Crippen molar-refractivity contribution in [1.29, 1.82) is 0 Å². The summed E-state index contributed by atoms with van der Waals surface area (Å²) in [6, 6.07) is 9.52. The van der Waals surface area contributed by atoms with Gasteiger partial charge in [-0.3, -0.25) is 19.2 Å². The third-order valence-corrected chi connectivity index (χ3v) is 13.3. The van der Waals surface area contributed by atoms with Crippen molar-refractivity contribution in [2.24, 2.45) is 29.1 Å². The summed E-state index contributed by atoms with van der Waals surface area (Å²) in [4.78, 5) is 55.3. The average molecular weight is 791 g/mol. The number of aliphatic hydroxyl groups excluding tert-OH is 2. The van der Waals surface area contributed by atoms with Crippen LogP contribution in [0.25, 0.3) is 11.1 Å². The molecule has 3 amide bonds. The van der Waals surface area contributed by atoms with E-state index < -0.39 is 36.1 Å². The minimum absolute atomic E-state index is 0.0146. The number of hydrogen-bond acceptors (Lipinski definition) is 11. The van der Waals surface area contributed by atoms with E-state index >= 15 is 0 Å². The number of hydrogen-bond donors (Lipinski definition) is 4. The Morgan fingerprint density at radius 3 is 2.48 bits per heavy atom. The number of thiazole rings is 1. The zero-order valence-electron chi connectivity index (χ0n) is 34.0. The number of methoxy groups -OCH3 is 1. The minimum Gasteiger partial charge on any atom is -0.496 e. The predicted octanol–water partition coefficient (Wildman–Crippen LogP) is 3.97. The van der Waals surface area contributed by atoms with Gasteiger partial charge in [0.15, 0.2) is 0 Å². The number of amides is 3. The first kappa shape index (κ1) is 41.6. The van der Waals surface area contributed by atoms with Crippen LogP contribution in [0.2, 0.25) is 0 Å². The normalized spacial score (nSPS) is 26.4. The van der Waals surface area contributed by atoms with E-state index in [2.05, 4.69) is 36.4 Å². The summed E-state index contributed by atoms with van der Waals surface area (Å²) < 4.78 is 6.07. The molecular weight excluding hydrogens is 733 g/mol. The van der Waals surface area contributed by atoms with Crippen molar-refractivity contribution in [1.82, 2.24) is 25.6 Å². The van der Waals surface area contributed by atoms with Gasteiger partial charge in [-0.1, -0.05) is 39.0 Å². The van der Waals surface area contributed by atoms with Gasteiger partial charge in [0.05, 0.1) is 37.6 Å². The predicted molar refractivity (Wildman–Crippen MR) is 216 cm³/mol. The number of nitrogens with one attached hydrogen (secondary N) is 2. The van der Waals surface area contributed by atoms with Crippen LogP contribution in [0.5, 0.6) is 5.75 Å². The average Bonchev–Trinajstić information content (AvgIpc) is 3.82. The van der Waals surface area contributed by atoms with Gasteiger partial charge in [0, 0.05) is 74.3 Å². The maximum Gasteiger partial charge on any atom is 0.252 e. The molecule has 1 saturated heterocycles. The summed E-state index contributed by atoms with van der Waals surface area (Å²) in [6.45, 7) is 8.26. The fourth-order valence-electron chi connectivity index (χ4n) is 9.29. The van der Waals surface area contributed by atoms with E-state index in [0.717, 1.165) is 17.8 Å². The first-order valence-corrected chi connectivity index (χ1v) is 20.4. The molecule has 2 heterocycles. The molecule has 1 aromatic heterocycles. The smallest absolute Gasteiger partial charge is 0.252 e. The van der Waals surface area contributed by atoms with Crippen LogP contribution in [0.3, 0.4) is 0 Å². The summed E-state index contributed by atoms with van der Waals surface area (Å²) in [5, 5.41) is 31.0. The molecule has 13 nitrogen and oxygen atoms in total. The highest BCUT2D eigenvalue weighted by Gasteiger charge is 2.57. The first-order valence-electron chi connectivity index (χ1n) is 19.5. The Morgan fingerprint density at radius 2 is 1.89 bits per heavy atom. The molecule has 3 saturated carbocycles. The largest absolute Gasteiger partial charge is 0.496 e. The van der Waals surface area contributed by atoms with Gasteiger partial charge in [-0.2, -0.15) is 5.06 Å². The number of likely N-dealkylation sites (N-methyl/N-ethyl adjacent to an activating group) is 1. The van der Waals surface area contributed by atoms with Gasteiger partial charge in [0.25, 0.3) is 5.91 Å². The fourth-order valence-corrected chi connectivity index (χ4v) is 9.86. The number of ether oxygens (including phenoxy) is 1. The number of hydroxylamine groups is 2. The highest BCUT2D eigenvalue weighted by molar-refractivity contribution is 7.07. The minimum atomic E-state index is -0.926. The topological polar surface area (TPSA) is 157 Å². The van der Waals surface area contributed by atoms with Crippen molar-refractivity contribution >= 4 is 34.7 Å². The van der Waals surface area contributed by atoms with Gasteiger partial charge in [-0.05, 0) is 66.7 Å². The molecule has 7 rings (SSSR count). The van der Waals surface area contributed by atoms with Gasteiger partial charge in [-0.25, -0.2) is 4.98 Å². The van der Waals surface area contributed by atoms with Crippen molar-refractivity contribution in [2.45, 2.75) is 83.8 Å². The van der Waals surface area contributed by atoms with Crippen LogP contribution in [0.15, 0.2) is 47.3 Å². The van der Waals surface area contributed by atoms with E-state index in [1.54, 1.807) is 50.8 Å². The quantitative estimate of drug-likeness (QED) is 0.189. The molecule has 4 fully saturated rings. The lowest BCUT2D eigenvalue weighted by molar-refractivity contribution is -0.183. The Labute approximate surface area is 334 Å². The number of para-hydroxylation sites is 1. The third-order valence-electron chi connectivity index (χ3n) is 12.6. The number of carbonyl (C=O) groups excluding carboxylic acids is 3. The molecule has 2 bridgehead atoms. The van der Waals surface area contributed by atoms with Crippen LogP contribution >= 0.6 is 11.3 Å². The molecular formula is C42H58N6O7S. The van der Waals surface area contributed by atoms with Gasteiger partial charge < -0.3 is 35.4 Å². The zero-order chi connectivity index (χ0) is 40.6. The van der Waals surface area contributed by atoms with E-state index in [4.69, 9.17) is 9.57 Å². The summed E-state index contributed by atoms with van der Waals surface area (Å²) in [5.41, 5.74) is 5.92. The Balaban J connectivity index is 1.29. The molecule has 304 valence electrons. The van der Waals surface area contributed by atoms with Crippen LogP contribution in [0.4, 0.5) is 5.69 Å². The van der Waals surface area contributed by atoms with E-state index in [1.807, 2.05) is 48.6 Å². The number of benzene rings is 2. The maximum absolute atomic E-state index is 14.3. The van der Waals surface area contributed by atoms with Crippen LogP contribution in [0.1, 0.15) is 62.2 Å². The molecule has 4 N–H and O–H groups in total. The number of aromatic nitrogens is 1. The summed E-state index contributed by atoms with van der Waals surface area (Å²) in [6.07, 6.45) is 0.641. The monoisotopic (exact) mass is 790 g/mol. The fraction of sp³-hybridized carbons (Fsp3) is 0.571. The number of fused-ring (bicyclic) bond motifs is 2. The number of anilines is 1. The van der Waals surface area contributed by atoms with Crippen LogP contribution in [0, 0.1) is 29.1 Å². The summed E-state index contributed by atoms with van der Waals surface area (Å²) in [5.74, 6) is 0.373. The Bertz CT molecular complexity index is 1880. The lowest BCUT2D eigenvalue weighted by Gasteiger charge is -2.62. The molecule has 14 heteroatoms. The molecule has 1 aliphatic heterocycles. The Hall–Kier alpha value is -4.08. The first-order chi connectivity index (χ1) is 26.5. The lowest BCUT2D eigenvalue weighted by Crippen LogP contribution is -2.62. The van der Waals surface area contributed by atoms with E-state index in [9.17, 15) is 24.6 Å². The molecule has 56 heavy (non-hydrogen) atoms. The lowest BCUT2D eigenvalue weighted by atomic mass is 9.45. The molecule has 0 spiro atoms. The summed E-state index contributed by atoms with van der Waals surface area (Å²) >= 11 is 1.43. The van der Waals surface area contributed by atoms with E-state index in [0.29, 0.717) is 45.8 Å². The van der Waals surface area contributed by atoms with E-state index in [1.165, 1.54) is 22.7 Å². The van der Waals surface area contributed by atoms with Crippen LogP contribution in [-0.4, -0.2) is 115 Å². The summed E-state index contributed by atoms with van der Waals surface area (Å²) in [7, 11) is 8.66.